The summed E-state index contributed by atoms with van der Waals surface area (Å²) in [5, 5.41) is 43.6. The third-order valence-electron chi connectivity index (χ3n) is 6.60. The molecule has 0 fully saturated rings. The summed E-state index contributed by atoms with van der Waals surface area (Å²) >= 11 is 0. The summed E-state index contributed by atoms with van der Waals surface area (Å²) < 4.78 is 0. The summed E-state index contributed by atoms with van der Waals surface area (Å²) in [7, 11) is 0. The van der Waals surface area contributed by atoms with Gasteiger partial charge in [-0.25, -0.2) is 0 Å². The second kappa shape index (κ2) is 15.3. The van der Waals surface area contributed by atoms with E-state index < -0.39 is 14.8 Å². The summed E-state index contributed by atoms with van der Waals surface area (Å²) in [4.78, 5) is 32.7. The second-order valence-corrected chi connectivity index (χ2v) is 9.31. The maximum Gasteiger partial charge on any atom is 0.273 e. The molecule has 13 heteroatoms. The Kier molecular flexibility index (Phi) is 11.6. The van der Waals surface area contributed by atoms with Crippen LogP contribution in [0.5, 0.6) is 0 Å². The lowest BCUT2D eigenvalue weighted by atomic mass is 9.96. The van der Waals surface area contributed by atoms with Crippen LogP contribution >= 0.6 is 0 Å². The topological polar surface area (TPSA) is 192 Å². The van der Waals surface area contributed by atoms with Crippen molar-refractivity contribution in [2.45, 2.75) is 32.1 Å². The quantitative estimate of drug-likeness (QED) is 0.110. The zero-order valence-corrected chi connectivity index (χ0v) is 21.9. The minimum atomic E-state index is -0.421. The zero-order valence-electron chi connectivity index (χ0n) is 21.9. The van der Waals surface area contributed by atoms with Gasteiger partial charge in [-0.1, -0.05) is 54.6 Å². The van der Waals surface area contributed by atoms with Gasteiger partial charge in [0.1, 0.15) is 0 Å². The summed E-state index contributed by atoms with van der Waals surface area (Å²) in [5.74, 6) is -0.0701. The summed E-state index contributed by atoms with van der Waals surface area (Å²) in [6.45, 7) is 2.26. The first-order valence-electron chi connectivity index (χ1n) is 12.8. The van der Waals surface area contributed by atoms with Crippen LogP contribution in [0.3, 0.4) is 0 Å². The fraction of sp³-hybridized carbons (Fsp3) is 0.333. The van der Waals surface area contributed by atoms with Crippen LogP contribution in [0.15, 0.2) is 72.8 Å². The highest BCUT2D eigenvalue weighted by atomic mass is 16.6. The van der Waals surface area contributed by atoms with Crippen LogP contribution in [0.4, 0.5) is 17.1 Å². The molecule has 0 amide bonds. The SMILES string of the molecule is NC(CNCc1ccccc1[N+](=O)[O-])C(CCNCc1ccccc1[N+](=O)[O-])CNCc1ccccc1[N+](=O)[O-]. The van der Waals surface area contributed by atoms with Crippen LogP contribution in [0.2, 0.25) is 0 Å². The molecule has 3 aromatic carbocycles. The minimum Gasteiger partial charge on any atom is -0.326 e. The Bertz CT molecular complexity index is 1310. The molecule has 5 N–H and O–H groups in total. The first kappa shape index (κ1) is 30.2. The van der Waals surface area contributed by atoms with Gasteiger partial charge in [0.05, 0.1) is 14.8 Å². The van der Waals surface area contributed by atoms with Gasteiger partial charge in [0.2, 0.25) is 0 Å². The van der Waals surface area contributed by atoms with E-state index in [9.17, 15) is 30.3 Å². The Balaban J connectivity index is 1.59. The molecule has 3 aromatic rings. The van der Waals surface area contributed by atoms with Crippen molar-refractivity contribution in [2.75, 3.05) is 19.6 Å². The van der Waals surface area contributed by atoms with E-state index in [1.54, 1.807) is 54.6 Å². The number of rotatable bonds is 17. The molecule has 13 nitrogen and oxygen atoms in total. The fourth-order valence-corrected chi connectivity index (χ4v) is 4.43. The molecule has 40 heavy (non-hydrogen) atoms. The van der Waals surface area contributed by atoms with E-state index in [2.05, 4.69) is 16.0 Å². The molecule has 0 aliphatic carbocycles. The molecule has 3 rings (SSSR count). The molecular formula is C27H33N7O6. The fourth-order valence-electron chi connectivity index (χ4n) is 4.43. The lowest BCUT2D eigenvalue weighted by molar-refractivity contribution is -0.385. The highest BCUT2D eigenvalue weighted by Gasteiger charge is 2.20. The number of para-hydroxylation sites is 3. The van der Waals surface area contributed by atoms with E-state index in [1.165, 1.54) is 18.2 Å². The van der Waals surface area contributed by atoms with Gasteiger partial charge in [0.15, 0.2) is 0 Å². The third kappa shape index (κ3) is 8.88. The van der Waals surface area contributed by atoms with Gasteiger partial charge in [-0.2, -0.15) is 0 Å². The lowest BCUT2D eigenvalue weighted by Gasteiger charge is -2.25. The normalized spacial score (nSPS) is 12.5. The second-order valence-electron chi connectivity index (χ2n) is 9.31. The van der Waals surface area contributed by atoms with Gasteiger partial charge in [-0.3, -0.25) is 30.3 Å². The van der Waals surface area contributed by atoms with Gasteiger partial charge >= 0.3 is 0 Å². The van der Waals surface area contributed by atoms with Crippen molar-refractivity contribution in [3.63, 3.8) is 0 Å². The molecule has 0 radical (unpaired) electrons. The van der Waals surface area contributed by atoms with E-state index in [0.717, 1.165) is 0 Å². The Labute approximate surface area is 231 Å². The Morgan fingerprint density at radius 2 is 0.975 bits per heavy atom. The molecular weight excluding hydrogens is 518 g/mol. The predicted octanol–water partition coefficient (Wildman–Crippen LogP) is 3.41. The molecule has 0 saturated heterocycles. The van der Waals surface area contributed by atoms with Gasteiger partial charge in [0, 0.05) is 67.1 Å². The standard InChI is InChI=1S/C27H33N7O6/c28-24(19-31-18-23-9-3-6-12-27(23)34(39)40)20(15-30-17-22-8-2-5-11-26(22)33(37)38)13-14-29-16-21-7-1-4-10-25(21)32(35)36/h1-12,20,24,29-31H,13-19,28H2. The van der Waals surface area contributed by atoms with E-state index in [1.807, 2.05) is 0 Å². The molecule has 2 unspecified atom stereocenters. The third-order valence-corrected chi connectivity index (χ3v) is 6.60. The first-order valence-corrected chi connectivity index (χ1v) is 12.8. The zero-order chi connectivity index (χ0) is 28.9. The van der Waals surface area contributed by atoms with Crippen molar-refractivity contribution in [3.05, 3.63) is 120 Å². The number of benzene rings is 3. The van der Waals surface area contributed by atoms with Crippen LogP contribution in [-0.4, -0.2) is 40.4 Å². The number of hydrogen-bond acceptors (Lipinski definition) is 10. The number of nitro benzene ring substituents is 3. The summed E-state index contributed by atoms with van der Waals surface area (Å²) in [5.41, 5.74) is 8.34. The minimum absolute atomic E-state index is 0.0328. The molecule has 0 aromatic heterocycles. The van der Waals surface area contributed by atoms with Gasteiger partial charge in [-0.05, 0) is 25.4 Å². The molecule has 212 valence electrons. The number of nitro groups is 3. The number of nitrogens with two attached hydrogens (primary N) is 1. The summed E-state index contributed by atoms with van der Waals surface area (Å²) in [6.07, 6.45) is 0.624. The van der Waals surface area contributed by atoms with Crippen molar-refractivity contribution in [1.82, 2.24) is 16.0 Å². The average Bonchev–Trinajstić information content (AvgIpc) is 2.94. The van der Waals surface area contributed by atoms with Crippen LogP contribution < -0.4 is 21.7 Å². The largest absolute Gasteiger partial charge is 0.326 e. The molecule has 0 heterocycles. The van der Waals surface area contributed by atoms with E-state index in [0.29, 0.717) is 49.3 Å². The molecule has 0 bridgehead atoms. The predicted molar refractivity (Wildman–Crippen MR) is 150 cm³/mol. The highest BCUT2D eigenvalue weighted by molar-refractivity contribution is 5.41. The van der Waals surface area contributed by atoms with E-state index in [-0.39, 0.29) is 42.1 Å². The van der Waals surface area contributed by atoms with E-state index in [4.69, 9.17) is 5.73 Å². The van der Waals surface area contributed by atoms with Crippen molar-refractivity contribution in [2.24, 2.45) is 11.7 Å². The summed E-state index contributed by atoms with van der Waals surface area (Å²) in [6, 6.07) is 19.2. The number of nitrogens with one attached hydrogen (secondary N) is 3. The van der Waals surface area contributed by atoms with E-state index >= 15 is 0 Å². The number of nitrogens with zero attached hydrogens (tertiary/aromatic N) is 3. The molecule has 0 aliphatic heterocycles. The first-order chi connectivity index (χ1) is 19.3. The lowest BCUT2D eigenvalue weighted by Crippen LogP contribution is -2.44. The molecule has 0 spiro atoms. The average molecular weight is 552 g/mol. The van der Waals surface area contributed by atoms with Gasteiger partial charge in [-0.15, -0.1) is 0 Å². The Morgan fingerprint density at radius 1 is 0.600 bits per heavy atom. The van der Waals surface area contributed by atoms with Gasteiger partial charge < -0.3 is 21.7 Å². The van der Waals surface area contributed by atoms with Gasteiger partial charge in [0.25, 0.3) is 17.1 Å². The van der Waals surface area contributed by atoms with Crippen molar-refractivity contribution in [1.29, 1.82) is 0 Å². The van der Waals surface area contributed by atoms with Crippen LogP contribution in [0.25, 0.3) is 0 Å². The van der Waals surface area contributed by atoms with Crippen LogP contribution in [0, 0.1) is 36.3 Å². The smallest absolute Gasteiger partial charge is 0.273 e. The molecule has 2 atom stereocenters. The maximum absolute atomic E-state index is 11.3. The Hall–Kier alpha value is -4.30. The molecule has 0 saturated carbocycles. The monoisotopic (exact) mass is 551 g/mol. The maximum atomic E-state index is 11.3. The van der Waals surface area contributed by atoms with Crippen molar-refractivity contribution in [3.8, 4) is 0 Å². The van der Waals surface area contributed by atoms with Crippen LogP contribution in [-0.2, 0) is 19.6 Å². The Morgan fingerprint density at radius 3 is 1.40 bits per heavy atom. The van der Waals surface area contributed by atoms with Crippen LogP contribution in [0.1, 0.15) is 23.1 Å². The number of hydrogen-bond donors (Lipinski definition) is 4. The highest BCUT2D eigenvalue weighted by Crippen LogP contribution is 2.20. The molecule has 0 aliphatic rings. The van der Waals surface area contributed by atoms with Crippen molar-refractivity contribution < 1.29 is 14.8 Å². The van der Waals surface area contributed by atoms with Crippen molar-refractivity contribution >= 4 is 17.1 Å².